The van der Waals surface area contributed by atoms with Gasteiger partial charge in [0.25, 0.3) is 5.91 Å². The molecule has 8 heteroatoms. The van der Waals surface area contributed by atoms with E-state index in [4.69, 9.17) is 4.74 Å². The van der Waals surface area contributed by atoms with Crippen molar-refractivity contribution in [2.75, 3.05) is 20.2 Å². The number of ether oxygens (including phenoxy) is 1. The number of amides is 1. The van der Waals surface area contributed by atoms with Crippen LogP contribution in [0.3, 0.4) is 0 Å². The monoisotopic (exact) mass is 375 g/mol. The maximum atomic E-state index is 12.7. The van der Waals surface area contributed by atoms with Gasteiger partial charge in [0.15, 0.2) is 0 Å². The number of hydrogen-bond donors (Lipinski definition) is 1. The molecule has 1 fully saturated rings. The van der Waals surface area contributed by atoms with Crippen LogP contribution in [0.4, 0.5) is 0 Å². The van der Waals surface area contributed by atoms with Crippen LogP contribution < -0.4 is 10.1 Å². The van der Waals surface area contributed by atoms with E-state index in [2.05, 4.69) is 10.3 Å². The van der Waals surface area contributed by atoms with Crippen molar-refractivity contribution in [3.05, 3.63) is 53.9 Å². The third-order valence-electron chi connectivity index (χ3n) is 4.32. The molecule has 0 radical (unpaired) electrons. The predicted octanol–water partition coefficient (Wildman–Crippen LogP) is 1.80. The molecule has 1 N–H and O–H groups in total. The quantitative estimate of drug-likeness (QED) is 0.832. The normalized spacial score (nSPS) is 15.0. The van der Waals surface area contributed by atoms with Gasteiger partial charge in [0, 0.05) is 32.0 Å². The van der Waals surface area contributed by atoms with Gasteiger partial charge in [0.05, 0.1) is 17.6 Å². The number of methoxy groups -OCH3 is 1. The highest BCUT2D eigenvalue weighted by Crippen LogP contribution is 2.26. The topological polar surface area (TPSA) is 88.6 Å². The molecule has 0 unspecified atom stereocenters. The van der Waals surface area contributed by atoms with Crippen molar-refractivity contribution in [3.63, 3.8) is 0 Å². The summed E-state index contributed by atoms with van der Waals surface area (Å²) in [7, 11) is -2.15. The minimum Gasteiger partial charge on any atom is -0.496 e. The minimum absolute atomic E-state index is 0.106. The van der Waals surface area contributed by atoms with Gasteiger partial charge in [-0.3, -0.25) is 9.78 Å². The van der Waals surface area contributed by atoms with Gasteiger partial charge >= 0.3 is 0 Å². The lowest BCUT2D eigenvalue weighted by Crippen LogP contribution is -2.28. The molecular formula is C18H21N3O4S. The third kappa shape index (κ3) is 3.86. The van der Waals surface area contributed by atoms with Gasteiger partial charge in [0.1, 0.15) is 5.75 Å². The van der Waals surface area contributed by atoms with Crippen molar-refractivity contribution in [1.82, 2.24) is 14.6 Å². The van der Waals surface area contributed by atoms with Gasteiger partial charge in [-0.05, 0) is 48.7 Å². The number of nitrogens with one attached hydrogen (secondary N) is 1. The van der Waals surface area contributed by atoms with E-state index in [1.54, 1.807) is 24.5 Å². The molecule has 0 saturated carbocycles. The van der Waals surface area contributed by atoms with Crippen LogP contribution >= 0.6 is 0 Å². The van der Waals surface area contributed by atoms with E-state index < -0.39 is 15.9 Å². The fraction of sp³-hybridized carbons (Fsp3) is 0.333. The highest BCUT2D eigenvalue weighted by Gasteiger charge is 2.28. The SMILES string of the molecule is COc1ccc(S(=O)(=O)N2CCCC2)cc1C(=O)NCc1ccncc1. The molecule has 1 amide bonds. The molecule has 1 aromatic heterocycles. The van der Waals surface area contributed by atoms with Crippen LogP contribution in [-0.4, -0.2) is 43.8 Å². The van der Waals surface area contributed by atoms with E-state index >= 15 is 0 Å². The number of pyridine rings is 1. The van der Waals surface area contributed by atoms with E-state index in [0.717, 1.165) is 18.4 Å². The first-order valence-electron chi connectivity index (χ1n) is 8.37. The summed E-state index contributed by atoms with van der Waals surface area (Å²) in [6, 6.07) is 7.97. The van der Waals surface area contributed by atoms with Crippen LogP contribution in [0, 0.1) is 0 Å². The molecule has 1 aliphatic rings. The van der Waals surface area contributed by atoms with E-state index in [0.29, 0.717) is 25.4 Å². The fourth-order valence-corrected chi connectivity index (χ4v) is 4.42. The molecule has 0 bridgehead atoms. The summed E-state index contributed by atoms with van der Waals surface area (Å²) in [6.45, 7) is 1.34. The third-order valence-corrected chi connectivity index (χ3v) is 6.22. The molecule has 26 heavy (non-hydrogen) atoms. The molecular weight excluding hydrogens is 354 g/mol. The molecule has 0 atom stereocenters. The van der Waals surface area contributed by atoms with Crippen LogP contribution in [0.1, 0.15) is 28.8 Å². The number of nitrogens with zero attached hydrogens (tertiary/aromatic N) is 2. The second-order valence-corrected chi connectivity index (χ2v) is 7.95. The van der Waals surface area contributed by atoms with E-state index in [1.165, 1.54) is 29.6 Å². The Kier molecular flexibility index (Phi) is 5.53. The number of carbonyl (C=O) groups is 1. The fourth-order valence-electron chi connectivity index (χ4n) is 2.88. The van der Waals surface area contributed by atoms with E-state index in [1.807, 2.05) is 0 Å². The van der Waals surface area contributed by atoms with Gasteiger partial charge in [-0.1, -0.05) is 0 Å². The van der Waals surface area contributed by atoms with Gasteiger partial charge < -0.3 is 10.1 Å². The van der Waals surface area contributed by atoms with Crippen LogP contribution in [0.25, 0.3) is 0 Å². The summed E-state index contributed by atoms with van der Waals surface area (Å²) in [4.78, 5) is 16.6. The molecule has 0 aliphatic carbocycles. The van der Waals surface area contributed by atoms with E-state index in [-0.39, 0.29) is 10.5 Å². The molecule has 2 aromatic rings. The van der Waals surface area contributed by atoms with Crippen LogP contribution in [-0.2, 0) is 16.6 Å². The zero-order chi connectivity index (χ0) is 18.6. The highest BCUT2D eigenvalue weighted by molar-refractivity contribution is 7.89. The number of aromatic nitrogens is 1. The lowest BCUT2D eigenvalue weighted by atomic mass is 10.2. The van der Waals surface area contributed by atoms with E-state index in [9.17, 15) is 13.2 Å². The smallest absolute Gasteiger partial charge is 0.255 e. The van der Waals surface area contributed by atoms with Crippen LogP contribution in [0.2, 0.25) is 0 Å². The van der Waals surface area contributed by atoms with Crippen LogP contribution in [0.5, 0.6) is 5.75 Å². The number of benzene rings is 1. The van der Waals surface area contributed by atoms with Gasteiger partial charge in [0.2, 0.25) is 10.0 Å². The number of rotatable bonds is 6. The summed E-state index contributed by atoms with van der Waals surface area (Å²) in [5, 5.41) is 2.78. The summed E-state index contributed by atoms with van der Waals surface area (Å²) < 4.78 is 32.2. The highest BCUT2D eigenvalue weighted by atomic mass is 32.2. The minimum atomic E-state index is -3.60. The second kappa shape index (κ2) is 7.84. The number of carbonyl (C=O) groups excluding carboxylic acids is 1. The zero-order valence-electron chi connectivity index (χ0n) is 14.5. The van der Waals surface area contributed by atoms with Crippen molar-refractivity contribution in [2.45, 2.75) is 24.3 Å². The molecule has 2 heterocycles. The van der Waals surface area contributed by atoms with Crippen molar-refractivity contribution in [3.8, 4) is 5.75 Å². The lowest BCUT2D eigenvalue weighted by molar-refractivity contribution is 0.0947. The zero-order valence-corrected chi connectivity index (χ0v) is 15.3. The molecule has 7 nitrogen and oxygen atoms in total. The van der Waals surface area contributed by atoms with Crippen molar-refractivity contribution < 1.29 is 17.9 Å². The summed E-state index contributed by atoms with van der Waals surface area (Å²) in [6.07, 6.45) is 5.00. The number of hydrogen-bond acceptors (Lipinski definition) is 5. The standard InChI is InChI=1S/C18H21N3O4S/c1-25-17-5-4-15(26(23,24)21-10-2-3-11-21)12-16(17)18(22)20-13-14-6-8-19-9-7-14/h4-9,12H,2-3,10-11,13H2,1H3,(H,20,22). The first kappa shape index (κ1) is 18.3. The summed E-state index contributed by atoms with van der Waals surface area (Å²) in [5.74, 6) is -0.0604. The summed E-state index contributed by atoms with van der Waals surface area (Å²) >= 11 is 0. The number of sulfonamides is 1. The van der Waals surface area contributed by atoms with Crippen molar-refractivity contribution >= 4 is 15.9 Å². The first-order chi connectivity index (χ1) is 12.5. The maximum absolute atomic E-state index is 12.7. The molecule has 1 saturated heterocycles. The Morgan fingerprint density at radius 1 is 1.19 bits per heavy atom. The average Bonchev–Trinajstić information content (AvgIpc) is 3.22. The molecule has 3 rings (SSSR count). The second-order valence-electron chi connectivity index (χ2n) is 6.01. The Morgan fingerprint density at radius 2 is 1.88 bits per heavy atom. The largest absolute Gasteiger partial charge is 0.496 e. The Bertz CT molecular complexity index is 879. The first-order valence-corrected chi connectivity index (χ1v) is 9.81. The molecule has 0 spiro atoms. The van der Waals surface area contributed by atoms with Gasteiger partial charge in [-0.25, -0.2) is 8.42 Å². The van der Waals surface area contributed by atoms with Gasteiger partial charge in [-0.2, -0.15) is 4.31 Å². The molecule has 138 valence electrons. The van der Waals surface area contributed by atoms with Crippen LogP contribution in [0.15, 0.2) is 47.6 Å². The Hall–Kier alpha value is -2.45. The Morgan fingerprint density at radius 3 is 2.54 bits per heavy atom. The Balaban J connectivity index is 1.84. The van der Waals surface area contributed by atoms with Crippen molar-refractivity contribution in [2.24, 2.45) is 0 Å². The summed E-state index contributed by atoms with van der Waals surface area (Å²) in [5.41, 5.74) is 1.09. The molecule has 1 aromatic carbocycles. The maximum Gasteiger partial charge on any atom is 0.255 e. The lowest BCUT2D eigenvalue weighted by Gasteiger charge is -2.17. The van der Waals surface area contributed by atoms with Crippen molar-refractivity contribution in [1.29, 1.82) is 0 Å². The molecule has 1 aliphatic heterocycles. The Labute approximate surface area is 153 Å². The predicted molar refractivity (Wildman–Crippen MR) is 96.4 cm³/mol. The van der Waals surface area contributed by atoms with Gasteiger partial charge in [-0.15, -0.1) is 0 Å². The average molecular weight is 375 g/mol.